The van der Waals surface area contributed by atoms with Gasteiger partial charge in [-0.1, -0.05) is 12.1 Å². The molecule has 4 heteroatoms. The second-order valence-electron chi connectivity index (χ2n) is 2.78. The lowest BCUT2D eigenvalue weighted by molar-refractivity contribution is -0.594. The Morgan fingerprint density at radius 2 is 1.85 bits per heavy atom. The molecule has 0 aliphatic rings. The van der Waals surface area contributed by atoms with Crippen LogP contribution in [0.5, 0.6) is 0 Å². The van der Waals surface area contributed by atoms with Crippen molar-refractivity contribution in [2.75, 3.05) is 11.8 Å². The van der Waals surface area contributed by atoms with Crippen LogP contribution in [0.25, 0.3) is 0 Å². The standard InChI is InChI=1S/C9H14N2O2/c1-10-7-6-8-2-4-9(5-3-8)11(12)13/h2-5,12-13H,1,6-7,10H2. The summed E-state index contributed by atoms with van der Waals surface area (Å²) < 4.78 is 0. The largest absolute Gasteiger partial charge is 0.479 e. The molecule has 0 atom stereocenters. The highest BCUT2D eigenvalue weighted by molar-refractivity contribution is 5.42. The molecule has 1 aromatic rings. The average molecular weight is 182 g/mol. The van der Waals surface area contributed by atoms with Crippen LogP contribution in [-0.2, 0) is 6.42 Å². The molecule has 0 heterocycles. The van der Waals surface area contributed by atoms with E-state index >= 15 is 0 Å². The highest BCUT2D eigenvalue weighted by Crippen LogP contribution is 2.11. The Hall–Kier alpha value is -1.10. The Morgan fingerprint density at radius 1 is 1.23 bits per heavy atom. The van der Waals surface area contributed by atoms with Crippen LogP contribution >= 0.6 is 0 Å². The molecular weight excluding hydrogens is 168 g/mol. The Labute approximate surface area is 77.3 Å². The van der Waals surface area contributed by atoms with E-state index in [0.29, 0.717) is 5.69 Å². The molecule has 0 radical (unpaired) electrons. The van der Waals surface area contributed by atoms with Crippen LogP contribution in [0.3, 0.4) is 0 Å². The number of rotatable bonds is 4. The molecule has 0 saturated carbocycles. The molecule has 4 nitrogen and oxygen atoms in total. The molecule has 72 valence electrons. The van der Waals surface area contributed by atoms with E-state index < -0.39 is 0 Å². The second kappa shape index (κ2) is 4.81. The number of nitrogens with zero attached hydrogens (tertiary/aromatic N) is 1. The summed E-state index contributed by atoms with van der Waals surface area (Å²) in [6, 6.07) is 7.02. The maximum atomic E-state index is 8.66. The summed E-state index contributed by atoms with van der Waals surface area (Å²) in [4.78, 5) is 0. The van der Waals surface area contributed by atoms with E-state index in [4.69, 9.17) is 10.4 Å². The van der Waals surface area contributed by atoms with Crippen LogP contribution in [0.1, 0.15) is 5.56 Å². The summed E-state index contributed by atoms with van der Waals surface area (Å²) in [5.41, 5.74) is 1.52. The lowest BCUT2D eigenvalue weighted by Crippen LogP contribution is -2.77. The Bertz CT molecular complexity index is 246. The summed E-state index contributed by atoms with van der Waals surface area (Å²) in [5, 5.41) is 19.3. The predicted octanol–water partition coefficient (Wildman–Crippen LogP) is 0.169. The summed E-state index contributed by atoms with van der Waals surface area (Å²) >= 11 is 0. The van der Waals surface area contributed by atoms with Gasteiger partial charge >= 0.3 is 0 Å². The maximum Gasteiger partial charge on any atom is 0.0942 e. The van der Waals surface area contributed by atoms with Gasteiger partial charge in [0.05, 0.1) is 12.2 Å². The molecule has 0 aliphatic heterocycles. The predicted molar refractivity (Wildman–Crippen MR) is 48.3 cm³/mol. The molecule has 13 heavy (non-hydrogen) atoms. The molecule has 0 saturated heterocycles. The van der Waals surface area contributed by atoms with E-state index in [1.807, 2.05) is 17.4 Å². The van der Waals surface area contributed by atoms with Gasteiger partial charge in [-0.2, -0.15) is 7.05 Å². The van der Waals surface area contributed by atoms with Crippen LogP contribution in [0.4, 0.5) is 5.69 Å². The third-order valence-electron chi connectivity index (χ3n) is 1.80. The molecule has 0 aromatic heterocycles. The summed E-state index contributed by atoms with van der Waals surface area (Å²) in [6.45, 7) is 0.932. The number of quaternary nitrogens is 1. The van der Waals surface area contributed by atoms with Gasteiger partial charge < -0.3 is 5.32 Å². The molecule has 1 rings (SSSR count). The molecule has 1 aromatic carbocycles. The molecule has 0 unspecified atom stereocenters. The fourth-order valence-corrected chi connectivity index (χ4v) is 1.06. The first-order chi connectivity index (χ1) is 6.24. The molecule has 0 spiro atoms. The topological polar surface area (TPSA) is 60.3 Å². The summed E-state index contributed by atoms with van der Waals surface area (Å²) in [6.07, 6.45) is 0.931. The normalized spacial score (nSPS) is 10.1. The van der Waals surface area contributed by atoms with Gasteiger partial charge in [0.2, 0.25) is 0 Å². The summed E-state index contributed by atoms with van der Waals surface area (Å²) in [5.74, 6) is 0. The molecule has 0 bridgehead atoms. The van der Waals surface area contributed by atoms with Gasteiger partial charge in [-0.3, -0.25) is 10.4 Å². The lowest BCUT2D eigenvalue weighted by Gasteiger charge is -2.08. The smallest absolute Gasteiger partial charge is 0.0942 e. The van der Waals surface area contributed by atoms with Crippen LogP contribution in [0.15, 0.2) is 24.3 Å². The van der Waals surface area contributed by atoms with Crippen molar-refractivity contribution >= 4 is 5.69 Å². The van der Waals surface area contributed by atoms with E-state index in [1.165, 1.54) is 0 Å². The Kier molecular flexibility index (Phi) is 3.70. The number of anilines is 1. The lowest BCUT2D eigenvalue weighted by atomic mass is 10.1. The first kappa shape index (κ1) is 9.98. The van der Waals surface area contributed by atoms with E-state index in [-0.39, 0.29) is 5.23 Å². The number of nitrogens with two attached hydrogens (primary N) is 1. The summed E-state index contributed by atoms with van der Waals surface area (Å²) in [7, 11) is 3.63. The van der Waals surface area contributed by atoms with E-state index in [0.717, 1.165) is 18.5 Å². The Morgan fingerprint density at radius 3 is 2.31 bits per heavy atom. The molecule has 4 N–H and O–H groups in total. The van der Waals surface area contributed by atoms with E-state index in [2.05, 4.69) is 7.05 Å². The van der Waals surface area contributed by atoms with Gasteiger partial charge in [0.15, 0.2) is 0 Å². The highest BCUT2D eigenvalue weighted by atomic mass is 16.8. The number of hydrogen-bond acceptors (Lipinski definition) is 3. The van der Waals surface area contributed by atoms with Crippen molar-refractivity contribution in [1.29, 1.82) is 0 Å². The van der Waals surface area contributed by atoms with Crippen LogP contribution in [-0.4, -0.2) is 17.0 Å². The molecule has 0 aliphatic carbocycles. The third-order valence-corrected chi connectivity index (χ3v) is 1.80. The minimum absolute atomic E-state index is 0.108. The zero-order valence-corrected chi connectivity index (χ0v) is 7.35. The zero-order chi connectivity index (χ0) is 9.68. The average Bonchev–Trinajstić information content (AvgIpc) is 2.15. The third kappa shape index (κ3) is 3.02. The Balaban J connectivity index is 2.59. The van der Waals surface area contributed by atoms with Crippen molar-refractivity contribution in [2.24, 2.45) is 0 Å². The maximum absolute atomic E-state index is 8.66. The van der Waals surface area contributed by atoms with Crippen LogP contribution in [0, 0.1) is 7.05 Å². The van der Waals surface area contributed by atoms with Gasteiger partial charge in [-0.25, -0.2) is 0 Å². The first-order valence-electron chi connectivity index (χ1n) is 4.12. The second-order valence-corrected chi connectivity index (χ2v) is 2.78. The van der Waals surface area contributed by atoms with E-state index in [1.54, 1.807) is 12.1 Å². The quantitative estimate of drug-likeness (QED) is 0.459. The van der Waals surface area contributed by atoms with Crippen molar-refractivity contribution in [2.45, 2.75) is 6.42 Å². The van der Waals surface area contributed by atoms with E-state index in [9.17, 15) is 0 Å². The molecular formula is C9H14N2O2. The van der Waals surface area contributed by atoms with Crippen LogP contribution < -0.4 is 10.5 Å². The van der Waals surface area contributed by atoms with Gasteiger partial charge in [0, 0.05) is 6.42 Å². The SMILES string of the molecule is [CH2-][NH2+]CCc1ccc(N(O)O)cc1. The van der Waals surface area contributed by atoms with Gasteiger partial charge in [-0.05, 0) is 17.7 Å². The molecule has 0 fully saturated rings. The van der Waals surface area contributed by atoms with Crippen molar-refractivity contribution < 1.29 is 15.7 Å². The first-order valence-corrected chi connectivity index (χ1v) is 4.12. The van der Waals surface area contributed by atoms with Gasteiger partial charge in [0.1, 0.15) is 0 Å². The van der Waals surface area contributed by atoms with Crippen molar-refractivity contribution in [3.8, 4) is 0 Å². The minimum atomic E-state index is 0.108. The number of benzene rings is 1. The minimum Gasteiger partial charge on any atom is -0.479 e. The van der Waals surface area contributed by atoms with Crippen molar-refractivity contribution in [1.82, 2.24) is 0 Å². The monoisotopic (exact) mass is 182 g/mol. The molecule has 0 amide bonds. The zero-order valence-electron chi connectivity index (χ0n) is 7.35. The van der Waals surface area contributed by atoms with Gasteiger partial charge in [0.25, 0.3) is 0 Å². The van der Waals surface area contributed by atoms with Crippen molar-refractivity contribution in [3.05, 3.63) is 36.9 Å². The fourth-order valence-electron chi connectivity index (χ4n) is 1.06. The fraction of sp³-hybridized carbons (Fsp3) is 0.222. The van der Waals surface area contributed by atoms with Gasteiger partial charge in [-0.15, -0.1) is 5.23 Å². The highest BCUT2D eigenvalue weighted by Gasteiger charge is 1.98. The number of hydrogen-bond donors (Lipinski definition) is 3. The van der Waals surface area contributed by atoms with Crippen molar-refractivity contribution in [3.63, 3.8) is 0 Å². The van der Waals surface area contributed by atoms with Crippen LogP contribution in [0.2, 0.25) is 0 Å².